The predicted octanol–water partition coefficient (Wildman–Crippen LogP) is 2.69. The zero-order valence-corrected chi connectivity index (χ0v) is 14.9. The van der Waals surface area contributed by atoms with Gasteiger partial charge in [-0.3, -0.25) is 9.58 Å². The minimum Gasteiger partial charge on any atom is -0.482 e. The van der Waals surface area contributed by atoms with Crippen LogP contribution in [0.4, 0.5) is 0 Å². The summed E-state index contributed by atoms with van der Waals surface area (Å²) in [4.78, 5) is 12.9. The van der Waals surface area contributed by atoms with Crippen LogP contribution in [-0.4, -0.2) is 39.4 Å². The number of ether oxygens (including phenoxy) is 1. The Balaban J connectivity index is 2.17. The van der Waals surface area contributed by atoms with E-state index in [-0.39, 0.29) is 12.6 Å². The van der Waals surface area contributed by atoms with Crippen molar-refractivity contribution in [3.8, 4) is 5.75 Å². The summed E-state index contributed by atoms with van der Waals surface area (Å²) in [5.74, 6) is -0.369. The summed E-state index contributed by atoms with van der Waals surface area (Å²) in [6.45, 7) is 6.57. The molecule has 0 aliphatic carbocycles. The number of benzene rings is 1. The number of hydrogen-bond donors (Lipinski definition) is 1. The number of hydrogen-bond acceptors (Lipinski definition) is 4. The summed E-state index contributed by atoms with van der Waals surface area (Å²) in [6.07, 6.45) is 0. The Bertz CT molecular complexity index is 724. The molecule has 1 atom stereocenters. The van der Waals surface area contributed by atoms with E-state index in [0.717, 1.165) is 17.0 Å². The number of carboxylic acids is 1. The molecule has 1 aromatic carbocycles. The Morgan fingerprint density at radius 2 is 2.04 bits per heavy atom. The van der Waals surface area contributed by atoms with Crippen LogP contribution in [0.5, 0.6) is 5.75 Å². The third-order valence-corrected chi connectivity index (χ3v) is 4.39. The number of aliphatic carboxylic acids is 1. The maximum Gasteiger partial charge on any atom is 0.341 e. The lowest BCUT2D eigenvalue weighted by molar-refractivity contribution is -0.139. The second kappa shape index (κ2) is 7.49. The van der Waals surface area contributed by atoms with Crippen LogP contribution in [0.15, 0.2) is 24.3 Å². The number of aryl methyl sites for hydroxylation is 2. The van der Waals surface area contributed by atoms with E-state index in [1.54, 1.807) is 6.07 Å². The van der Waals surface area contributed by atoms with E-state index < -0.39 is 5.97 Å². The highest BCUT2D eigenvalue weighted by atomic mass is 16.5. The lowest BCUT2D eigenvalue weighted by Gasteiger charge is -2.26. The fraction of sp³-hybridized carbons (Fsp3) is 0.444. The van der Waals surface area contributed by atoms with Crippen LogP contribution in [0.3, 0.4) is 0 Å². The second-order valence-corrected chi connectivity index (χ2v) is 6.09. The van der Waals surface area contributed by atoms with Gasteiger partial charge in [-0.05, 0) is 33.9 Å². The molecule has 0 fully saturated rings. The number of nitrogens with zero attached hydrogens (tertiary/aromatic N) is 3. The molecule has 1 heterocycles. The Morgan fingerprint density at radius 3 is 2.62 bits per heavy atom. The van der Waals surface area contributed by atoms with Gasteiger partial charge in [0.25, 0.3) is 0 Å². The van der Waals surface area contributed by atoms with Crippen LogP contribution in [0.2, 0.25) is 0 Å². The van der Waals surface area contributed by atoms with E-state index in [4.69, 9.17) is 9.84 Å². The molecule has 0 saturated heterocycles. The topological polar surface area (TPSA) is 67.6 Å². The molecule has 130 valence electrons. The van der Waals surface area contributed by atoms with Gasteiger partial charge >= 0.3 is 5.97 Å². The van der Waals surface area contributed by atoms with Crippen LogP contribution in [0.25, 0.3) is 0 Å². The van der Waals surface area contributed by atoms with Gasteiger partial charge in [0.15, 0.2) is 6.61 Å². The van der Waals surface area contributed by atoms with Gasteiger partial charge in [0, 0.05) is 36.5 Å². The van der Waals surface area contributed by atoms with Crippen molar-refractivity contribution in [2.24, 2.45) is 7.05 Å². The summed E-state index contributed by atoms with van der Waals surface area (Å²) in [7, 11) is 4.00. The highest BCUT2D eigenvalue weighted by molar-refractivity contribution is 5.68. The second-order valence-electron chi connectivity index (χ2n) is 6.09. The third kappa shape index (κ3) is 3.94. The van der Waals surface area contributed by atoms with Crippen LogP contribution < -0.4 is 4.74 Å². The summed E-state index contributed by atoms with van der Waals surface area (Å²) in [5, 5.41) is 13.3. The summed E-state index contributed by atoms with van der Waals surface area (Å²) >= 11 is 0. The first-order chi connectivity index (χ1) is 11.3. The van der Waals surface area contributed by atoms with Gasteiger partial charge < -0.3 is 9.84 Å². The molecule has 0 aliphatic heterocycles. The molecule has 0 aliphatic rings. The first-order valence-corrected chi connectivity index (χ1v) is 7.94. The van der Waals surface area contributed by atoms with Gasteiger partial charge in [-0.25, -0.2) is 4.79 Å². The maximum absolute atomic E-state index is 10.7. The number of rotatable bonds is 7. The molecule has 0 saturated carbocycles. The average Bonchev–Trinajstić information content (AvgIpc) is 2.78. The Hall–Kier alpha value is -2.34. The minimum atomic E-state index is -0.979. The Kier molecular flexibility index (Phi) is 5.62. The number of carbonyl (C=O) groups is 1. The molecule has 0 spiro atoms. The van der Waals surface area contributed by atoms with E-state index >= 15 is 0 Å². The van der Waals surface area contributed by atoms with E-state index in [2.05, 4.69) is 23.8 Å². The highest BCUT2D eigenvalue weighted by Gasteiger charge is 2.21. The summed E-state index contributed by atoms with van der Waals surface area (Å²) in [5.41, 5.74) is 4.38. The first kappa shape index (κ1) is 18.0. The average molecular weight is 331 g/mol. The van der Waals surface area contributed by atoms with Crippen LogP contribution >= 0.6 is 0 Å². The van der Waals surface area contributed by atoms with Crippen LogP contribution in [0.1, 0.15) is 35.5 Å². The van der Waals surface area contributed by atoms with Gasteiger partial charge in [0.05, 0.1) is 5.69 Å². The van der Waals surface area contributed by atoms with Crippen LogP contribution in [-0.2, 0) is 18.4 Å². The van der Waals surface area contributed by atoms with Crippen molar-refractivity contribution in [2.45, 2.75) is 33.4 Å². The number of para-hydroxylation sites is 1. The molecule has 0 radical (unpaired) electrons. The number of aromatic nitrogens is 2. The molecular weight excluding hydrogens is 306 g/mol. The zero-order chi connectivity index (χ0) is 17.9. The van der Waals surface area contributed by atoms with E-state index in [1.165, 1.54) is 5.56 Å². The molecule has 1 unspecified atom stereocenters. The lowest BCUT2D eigenvalue weighted by Crippen LogP contribution is -2.23. The van der Waals surface area contributed by atoms with Crippen molar-refractivity contribution in [1.82, 2.24) is 14.7 Å². The van der Waals surface area contributed by atoms with Crippen molar-refractivity contribution in [3.05, 3.63) is 46.8 Å². The molecule has 6 heteroatoms. The smallest absolute Gasteiger partial charge is 0.341 e. The van der Waals surface area contributed by atoms with Gasteiger partial charge in [-0.2, -0.15) is 5.10 Å². The van der Waals surface area contributed by atoms with Crippen molar-refractivity contribution in [3.63, 3.8) is 0 Å². The fourth-order valence-electron chi connectivity index (χ4n) is 2.94. The van der Waals surface area contributed by atoms with E-state index in [0.29, 0.717) is 12.3 Å². The molecule has 24 heavy (non-hydrogen) atoms. The van der Waals surface area contributed by atoms with E-state index in [9.17, 15) is 4.79 Å². The van der Waals surface area contributed by atoms with Crippen molar-refractivity contribution >= 4 is 5.97 Å². The van der Waals surface area contributed by atoms with Crippen molar-refractivity contribution < 1.29 is 14.6 Å². The molecule has 1 aromatic heterocycles. The Morgan fingerprint density at radius 1 is 1.38 bits per heavy atom. The molecule has 2 aromatic rings. The molecule has 6 nitrogen and oxygen atoms in total. The summed E-state index contributed by atoms with van der Waals surface area (Å²) < 4.78 is 7.30. The molecular formula is C18H25N3O3. The molecule has 2 rings (SSSR count). The predicted molar refractivity (Wildman–Crippen MR) is 92.1 cm³/mol. The monoisotopic (exact) mass is 331 g/mol. The minimum absolute atomic E-state index is 0.186. The van der Waals surface area contributed by atoms with Crippen LogP contribution in [0, 0.1) is 13.8 Å². The first-order valence-electron chi connectivity index (χ1n) is 7.94. The van der Waals surface area contributed by atoms with E-state index in [1.807, 2.05) is 43.9 Å². The maximum atomic E-state index is 10.7. The van der Waals surface area contributed by atoms with Gasteiger partial charge in [-0.1, -0.05) is 18.2 Å². The van der Waals surface area contributed by atoms with Gasteiger partial charge in [0.1, 0.15) is 5.75 Å². The Labute approximate surface area is 142 Å². The van der Waals surface area contributed by atoms with Gasteiger partial charge in [-0.15, -0.1) is 0 Å². The SMILES string of the molecule is Cc1nn(C)c(C)c1C(C)N(C)Cc1ccccc1OCC(=O)O. The summed E-state index contributed by atoms with van der Waals surface area (Å²) in [6, 6.07) is 7.73. The third-order valence-electron chi connectivity index (χ3n) is 4.39. The van der Waals surface area contributed by atoms with Crippen molar-refractivity contribution in [2.75, 3.05) is 13.7 Å². The lowest BCUT2D eigenvalue weighted by atomic mass is 10.0. The quantitative estimate of drug-likeness (QED) is 0.845. The van der Waals surface area contributed by atoms with Crippen molar-refractivity contribution in [1.29, 1.82) is 0 Å². The standard InChI is InChI=1S/C18H25N3O3/c1-12-18(14(3)21(5)19-12)13(2)20(4)10-15-8-6-7-9-16(15)24-11-17(22)23/h6-9,13H,10-11H2,1-5H3,(H,22,23). The van der Waals surface area contributed by atoms with Gasteiger partial charge in [0.2, 0.25) is 0 Å². The fourth-order valence-corrected chi connectivity index (χ4v) is 2.94. The molecule has 0 bridgehead atoms. The zero-order valence-electron chi connectivity index (χ0n) is 14.9. The normalized spacial score (nSPS) is 12.4. The molecule has 0 amide bonds. The largest absolute Gasteiger partial charge is 0.482 e. The molecule has 1 N–H and O–H groups in total. The number of carboxylic acid groups (broad SMARTS) is 1. The highest BCUT2D eigenvalue weighted by Crippen LogP contribution is 2.28.